The van der Waals surface area contributed by atoms with Crippen LogP contribution in [-0.4, -0.2) is 35.8 Å². The van der Waals surface area contributed by atoms with E-state index in [1.165, 1.54) is 0 Å². The predicted molar refractivity (Wildman–Crippen MR) is 72.0 cm³/mol. The second-order valence-electron chi connectivity index (χ2n) is 6.21. The fourth-order valence-corrected chi connectivity index (χ4v) is 2.54. The Morgan fingerprint density at radius 1 is 1.28 bits per heavy atom. The fourth-order valence-electron chi connectivity index (χ4n) is 2.54. The summed E-state index contributed by atoms with van der Waals surface area (Å²) in [6, 6.07) is -0.348. The van der Waals surface area contributed by atoms with Crippen LogP contribution in [0.1, 0.15) is 47.5 Å². The van der Waals surface area contributed by atoms with Crippen molar-refractivity contribution in [2.24, 2.45) is 11.3 Å². The first-order valence-electron chi connectivity index (χ1n) is 6.88. The molecule has 0 aliphatic carbocycles. The van der Waals surface area contributed by atoms with Gasteiger partial charge < -0.3 is 10.2 Å². The van der Waals surface area contributed by atoms with Gasteiger partial charge in [0.1, 0.15) is 6.04 Å². The van der Waals surface area contributed by atoms with Crippen molar-refractivity contribution in [1.82, 2.24) is 10.2 Å². The molecule has 0 aromatic heterocycles. The lowest BCUT2D eigenvalue weighted by Gasteiger charge is -2.43. The van der Waals surface area contributed by atoms with Crippen LogP contribution in [0.2, 0.25) is 0 Å². The Hall–Kier alpha value is -1.06. The van der Waals surface area contributed by atoms with Gasteiger partial charge in [-0.2, -0.15) is 0 Å². The maximum Gasteiger partial charge on any atom is 0.243 e. The molecule has 104 valence electrons. The van der Waals surface area contributed by atoms with Crippen LogP contribution in [0, 0.1) is 11.3 Å². The highest BCUT2D eigenvalue weighted by Gasteiger charge is 2.42. The SMILES string of the molecule is CCC(CC)CN1C(=O)CNC(=O)C1C(C)(C)C. The number of nitrogens with one attached hydrogen (secondary N) is 1. The highest BCUT2D eigenvalue weighted by atomic mass is 16.2. The first-order chi connectivity index (χ1) is 8.31. The topological polar surface area (TPSA) is 49.4 Å². The van der Waals surface area contributed by atoms with E-state index in [2.05, 4.69) is 19.2 Å². The van der Waals surface area contributed by atoms with E-state index in [-0.39, 0.29) is 29.8 Å². The van der Waals surface area contributed by atoms with Crippen LogP contribution in [-0.2, 0) is 9.59 Å². The number of rotatable bonds is 4. The Morgan fingerprint density at radius 2 is 1.83 bits per heavy atom. The van der Waals surface area contributed by atoms with E-state index in [1.54, 1.807) is 4.90 Å². The molecule has 0 saturated carbocycles. The molecular formula is C14H26N2O2. The predicted octanol–water partition coefficient (Wildman–Crippen LogP) is 1.80. The van der Waals surface area contributed by atoms with Gasteiger partial charge >= 0.3 is 0 Å². The van der Waals surface area contributed by atoms with Crippen LogP contribution in [0.3, 0.4) is 0 Å². The number of carbonyl (C=O) groups is 2. The summed E-state index contributed by atoms with van der Waals surface area (Å²) in [4.78, 5) is 25.9. The molecule has 1 heterocycles. The third-order valence-corrected chi connectivity index (χ3v) is 3.72. The molecule has 0 radical (unpaired) electrons. The van der Waals surface area contributed by atoms with E-state index in [0.717, 1.165) is 12.8 Å². The first kappa shape index (κ1) is 15.0. The summed E-state index contributed by atoms with van der Waals surface area (Å²) in [6.07, 6.45) is 2.08. The number of hydrogen-bond donors (Lipinski definition) is 1. The summed E-state index contributed by atoms with van der Waals surface area (Å²) >= 11 is 0. The van der Waals surface area contributed by atoms with Gasteiger partial charge in [-0.3, -0.25) is 9.59 Å². The zero-order valence-electron chi connectivity index (χ0n) is 12.2. The van der Waals surface area contributed by atoms with E-state index in [1.807, 2.05) is 20.8 Å². The number of hydrogen-bond acceptors (Lipinski definition) is 2. The van der Waals surface area contributed by atoms with Crippen molar-refractivity contribution in [3.63, 3.8) is 0 Å². The first-order valence-corrected chi connectivity index (χ1v) is 6.88. The molecule has 0 bridgehead atoms. The van der Waals surface area contributed by atoms with Gasteiger partial charge in [0, 0.05) is 6.54 Å². The summed E-state index contributed by atoms with van der Waals surface area (Å²) in [7, 11) is 0. The van der Waals surface area contributed by atoms with Crippen LogP contribution in [0.4, 0.5) is 0 Å². The summed E-state index contributed by atoms with van der Waals surface area (Å²) in [5.74, 6) is 0.499. The van der Waals surface area contributed by atoms with Crippen LogP contribution < -0.4 is 5.32 Å². The minimum atomic E-state index is -0.348. The van der Waals surface area contributed by atoms with E-state index >= 15 is 0 Å². The number of nitrogens with zero attached hydrogens (tertiary/aromatic N) is 1. The Kier molecular flexibility index (Phi) is 4.77. The van der Waals surface area contributed by atoms with Gasteiger partial charge in [-0.15, -0.1) is 0 Å². The molecule has 1 unspecified atom stereocenters. The third-order valence-electron chi connectivity index (χ3n) is 3.72. The summed E-state index contributed by atoms with van der Waals surface area (Å²) in [5.41, 5.74) is -0.230. The van der Waals surface area contributed by atoms with E-state index < -0.39 is 0 Å². The lowest BCUT2D eigenvalue weighted by Crippen LogP contribution is -2.63. The normalized spacial score (nSPS) is 21.4. The summed E-state index contributed by atoms with van der Waals surface area (Å²) in [6.45, 7) is 11.1. The van der Waals surface area contributed by atoms with Crippen LogP contribution >= 0.6 is 0 Å². The molecule has 0 aromatic carbocycles. The van der Waals surface area contributed by atoms with Gasteiger partial charge in [0.05, 0.1) is 6.54 Å². The van der Waals surface area contributed by atoms with Gasteiger partial charge in [0.25, 0.3) is 0 Å². The second-order valence-corrected chi connectivity index (χ2v) is 6.21. The van der Waals surface area contributed by atoms with Crippen molar-refractivity contribution < 1.29 is 9.59 Å². The maximum absolute atomic E-state index is 12.1. The number of piperazine rings is 1. The maximum atomic E-state index is 12.1. The molecule has 1 N–H and O–H groups in total. The summed E-state index contributed by atoms with van der Waals surface area (Å²) in [5, 5.41) is 2.70. The molecule has 1 rings (SSSR count). The highest BCUT2D eigenvalue weighted by molar-refractivity contribution is 5.95. The van der Waals surface area contributed by atoms with Crippen molar-refractivity contribution in [3.8, 4) is 0 Å². The van der Waals surface area contributed by atoms with Gasteiger partial charge in [-0.25, -0.2) is 0 Å². The van der Waals surface area contributed by atoms with Crippen molar-refractivity contribution in [2.45, 2.75) is 53.5 Å². The van der Waals surface area contributed by atoms with E-state index in [4.69, 9.17) is 0 Å². The van der Waals surface area contributed by atoms with Crippen molar-refractivity contribution in [2.75, 3.05) is 13.1 Å². The van der Waals surface area contributed by atoms with E-state index in [9.17, 15) is 9.59 Å². The number of carbonyl (C=O) groups excluding carboxylic acids is 2. The van der Waals surface area contributed by atoms with Gasteiger partial charge in [-0.05, 0) is 11.3 Å². The average Bonchev–Trinajstić information content (AvgIpc) is 2.28. The monoisotopic (exact) mass is 254 g/mol. The molecule has 2 amide bonds. The molecule has 0 aromatic rings. The smallest absolute Gasteiger partial charge is 0.243 e. The van der Waals surface area contributed by atoms with Crippen LogP contribution in [0.5, 0.6) is 0 Å². The Morgan fingerprint density at radius 3 is 2.28 bits per heavy atom. The zero-order chi connectivity index (χ0) is 13.9. The molecule has 4 heteroatoms. The lowest BCUT2D eigenvalue weighted by molar-refractivity contribution is -0.150. The molecule has 18 heavy (non-hydrogen) atoms. The lowest BCUT2D eigenvalue weighted by atomic mass is 9.83. The Balaban J connectivity index is 2.93. The second kappa shape index (κ2) is 5.72. The summed E-state index contributed by atoms with van der Waals surface area (Å²) < 4.78 is 0. The Labute approximate surface area is 110 Å². The third kappa shape index (κ3) is 3.24. The number of amides is 2. The van der Waals surface area contributed by atoms with Gasteiger partial charge in [0.15, 0.2) is 0 Å². The van der Waals surface area contributed by atoms with Gasteiger partial charge in [-0.1, -0.05) is 47.5 Å². The van der Waals surface area contributed by atoms with Crippen LogP contribution in [0.15, 0.2) is 0 Å². The molecule has 1 fully saturated rings. The Bertz CT molecular complexity index is 316. The molecule has 1 aliphatic heterocycles. The van der Waals surface area contributed by atoms with Crippen molar-refractivity contribution >= 4 is 11.8 Å². The quantitative estimate of drug-likeness (QED) is 0.831. The molecule has 1 saturated heterocycles. The average molecular weight is 254 g/mol. The fraction of sp³-hybridized carbons (Fsp3) is 0.857. The van der Waals surface area contributed by atoms with Crippen LogP contribution in [0.25, 0.3) is 0 Å². The van der Waals surface area contributed by atoms with Crippen molar-refractivity contribution in [3.05, 3.63) is 0 Å². The minimum Gasteiger partial charge on any atom is -0.345 e. The molecular weight excluding hydrogens is 228 g/mol. The molecule has 0 spiro atoms. The van der Waals surface area contributed by atoms with E-state index in [0.29, 0.717) is 12.5 Å². The minimum absolute atomic E-state index is 0.0203. The highest BCUT2D eigenvalue weighted by Crippen LogP contribution is 2.28. The zero-order valence-corrected chi connectivity index (χ0v) is 12.2. The standard InChI is InChI=1S/C14H26N2O2/c1-6-10(7-2)9-16-11(17)8-15-13(18)12(16)14(3,4)5/h10,12H,6-9H2,1-5H3,(H,15,18). The molecule has 1 atom stereocenters. The van der Waals surface area contributed by atoms with Gasteiger partial charge in [0.2, 0.25) is 11.8 Å². The largest absolute Gasteiger partial charge is 0.345 e. The molecule has 1 aliphatic rings. The van der Waals surface area contributed by atoms with Crippen molar-refractivity contribution in [1.29, 1.82) is 0 Å². The molecule has 4 nitrogen and oxygen atoms in total.